The van der Waals surface area contributed by atoms with Crippen LogP contribution in [0.4, 0.5) is 0 Å². The van der Waals surface area contributed by atoms with Crippen LogP contribution in [0.3, 0.4) is 0 Å². The normalized spacial score (nSPS) is 11.0. The van der Waals surface area contributed by atoms with Gasteiger partial charge in [-0.3, -0.25) is 0 Å². The van der Waals surface area contributed by atoms with Crippen LogP contribution < -0.4 is 9.47 Å². The van der Waals surface area contributed by atoms with Gasteiger partial charge in [0, 0.05) is 16.7 Å². The van der Waals surface area contributed by atoms with Crippen LogP contribution in [0.15, 0.2) is 30.3 Å². The molecule has 0 saturated heterocycles. The Morgan fingerprint density at radius 1 is 0.840 bits per heavy atom. The third-order valence-electron chi connectivity index (χ3n) is 4.44. The summed E-state index contributed by atoms with van der Waals surface area (Å²) < 4.78 is 12.3. The van der Waals surface area contributed by atoms with Crippen molar-refractivity contribution in [2.24, 2.45) is 0 Å². The molecule has 2 rings (SSSR count). The minimum Gasteiger partial charge on any atom is -0.493 e. The van der Waals surface area contributed by atoms with Crippen molar-refractivity contribution < 1.29 is 9.47 Å². The Morgan fingerprint density at radius 3 is 2.28 bits per heavy atom. The van der Waals surface area contributed by atoms with Gasteiger partial charge in [-0.05, 0) is 37.3 Å². The number of hydrogen-bond donors (Lipinski definition) is 0. The molecule has 2 aromatic carbocycles. The summed E-state index contributed by atoms with van der Waals surface area (Å²) in [6.45, 7) is 5.89. The van der Waals surface area contributed by atoms with E-state index in [0.29, 0.717) is 0 Å². The second kappa shape index (κ2) is 11.3. The van der Waals surface area contributed by atoms with E-state index < -0.39 is 0 Å². The maximum Gasteiger partial charge on any atom is 0.130 e. The minimum atomic E-state index is 0.755. The number of benzene rings is 2. The highest BCUT2D eigenvalue weighted by Crippen LogP contribution is 2.37. The van der Waals surface area contributed by atoms with E-state index in [4.69, 9.17) is 21.1 Å². The van der Waals surface area contributed by atoms with Gasteiger partial charge in [-0.1, -0.05) is 57.4 Å². The van der Waals surface area contributed by atoms with Crippen molar-refractivity contribution in [2.45, 2.75) is 58.8 Å². The maximum absolute atomic E-state index is 6.14. The van der Waals surface area contributed by atoms with Crippen molar-refractivity contribution in [3.8, 4) is 11.5 Å². The first-order chi connectivity index (χ1) is 12.3. The van der Waals surface area contributed by atoms with E-state index in [-0.39, 0.29) is 0 Å². The molecule has 0 spiro atoms. The van der Waals surface area contributed by atoms with Gasteiger partial charge < -0.3 is 9.47 Å². The summed E-state index contributed by atoms with van der Waals surface area (Å²) in [6.07, 6.45) is 7.68. The second-order valence-corrected chi connectivity index (χ2v) is 6.79. The molecule has 0 radical (unpaired) electrons. The Kier molecular flexibility index (Phi) is 8.96. The molecule has 0 aromatic heterocycles. The van der Waals surface area contributed by atoms with Gasteiger partial charge >= 0.3 is 0 Å². The lowest BCUT2D eigenvalue weighted by molar-refractivity contribution is 0.302. The fourth-order valence-corrected chi connectivity index (χ4v) is 3.16. The van der Waals surface area contributed by atoms with Gasteiger partial charge in [0.2, 0.25) is 0 Å². The van der Waals surface area contributed by atoms with Crippen LogP contribution in [0, 0.1) is 0 Å². The van der Waals surface area contributed by atoms with Crippen LogP contribution in [0.25, 0.3) is 10.8 Å². The average molecular weight is 363 g/mol. The van der Waals surface area contributed by atoms with E-state index in [1.54, 1.807) is 0 Å². The first-order valence-electron chi connectivity index (χ1n) is 9.68. The average Bonchev–Trinajstić information content (AvgIpc) is 2.65. The Hall–Kier alpha value is -1.41. The molecule has 2 aromatic rings. The standard InChI is InChI=1S/C22H31ClO2/c1-3-5-15-25-22-18(4-2)17-21(19-12-8-9-13-20(19)22)24-16-11-7-6-10-14-23/h8-9,12-13,17H,3-7,10-11,14-16H2,1-2H3. The molecule has 25 heavy (non-hydrogen) atoms. The minimum absolute atomic E-state index is 0.755. The first-order valence-corrected chi connectivity index (χ1v) is 10.2. The van der Waals surface area contributed by atoms with E-state index in [1.807, 2.05) is 0 Å². The van der Waals surface area contributed by atoms with Crippen LogP contribution in [-0.2, 0) is 6.42 Å². The molecule has 0 unspecified atom stereocenters. The van der Waals surface area contributed by atoms with Gasteiger partial charge in [0.15, 0.2) is 0 Å². The molecule has 0 heterocycles. The van der Waals surface area contributed by atoms with Gasteiger partial charge in [0.25, 0.3) is 0 Å². The Bertz CT molecular complexity index is 639. The van der Waals surface area contributed by atoms with Crippen molar-refractivity contribution >= 4 is 22.4 Å². The first kappa shape index (κ1) is 19.9. The number of ether oxygens (including phenoxy) is 2. The molecule has 2 nitrogen and oxygen atoms in total. The van der Waals surface area contributed by atoms with Gasteiger partial charge in [0.1, 0.15) is 11.5 Å². The van der Waals surface area contributed by atoms with Crippen LogP contribution in [0.2, 0.25) is 0 Å². The van der Waals surface area contributed by atoms with Crippen LogP contribution in [-0.4, -0.2) is 19.1 Å². The SMILES string of the molecule is CCCCOc1c(CC)cc(OCCCCCCCl)c2ccccc12. The van der Waals surface area contributed by atoms with Crippen molar-refractivity contribution in [3.05, 3.63) is 35.9 Å². The zero-order chi connectivity index (χ0) is 17.9. The zero-order valence-electron chi connectivity index (χ0n) is 15.7. The molecule has 0 aliphatic rings. The lowest BCUT2D eigenvalue weighted by Crippen LogP contribution is -2.03. The van der Waals surface area contributed by atoms with Gasteiger partial charge in [-0.15, -0.1) is 11.6 Å². The summed E-state index contributed by atoms with van der Waals surface area (Å²) in [4.78, 5) is 0. The number of alkyl halides is 1. The van der Waals surface area contributed by atoms with Crippen molar-refractivity contribution in [1.29, 1.82) is 0 Å². The summed E-state index contributed by atoms with van der Waals surface area (Å²) >= 11 is 5.73. The number of fused-ring (bicyclic) bond motifs is 1. The van der Waals surface area contributed by atoms with E-state index in [0.717, 1.165) is 73.5 Å². The van der Waals surface area contributed by atoms with Gasteiger partial charge in [0.05, 0.1) is 13.2 Å². The largest absolute Gasteiger partial charge is 0.493 e. The summed E-state index contributed by atoms with van der Waals surface area (Å²) in [5, 5.41) is 2.31. The summed E-state index contributed by atoms with van der Waals surface area (Å²) in [7, 11) is 0. The Labute approximate surface area is 157 Å². The van der Waals surface area contributed by atoms with E-state index in [1.165, 1.54) is 18.4 Å². The van der Waals surface area contributed by atoms with E-state index in [9.17, 15) is 0 Å². The number of rotatable bonds is 12. The lowest BCUT2D eigenvalue weighted by atomic mass is 10.0. The third-order valence-corrected chi connectivity index (χ3v) is 4.71. The third kappa shape index (κ3) is 5.81. The molecular weight excluding hydrogens is 332 g/mol. The van der Waals surface area contributed by atoms with E-state index in [2.05, 4.69) is 44.2 Å². The van der Waals surface area contributed by atoms with Crippen molar-refractivity contribution in [2.75, 3.05) is 19.1 Å². The maximum atomic E-state index is 6.14. The predicted molar refractivity (Wildman–Crippen MR) is 108 cm³/mol. The summed E-state index contributed by atoms with van der Waals surface area (Å²) in [5.74, 6) is 2.76. The predicted octanol–water partition coefficient (Wildman–Crippen LogP) is 6.76. The van der Waals surface area contributed by atoms with Gasteiger partial charge in [-0.25, -0.2) is 0 Å². The van der Waals surface area contributed by atoms with Gasteiger partial charge in [-0.2, -0.15) is 0 Å². The Balaban J connectivity index is 2.16. The quantitative estimate of drug-likeness (QED) is 0.306. The molecule has 0 bridgehead atoms. The Morgan fingerprint density at radius 2 is 1.56 bits per heavy atom. The van der Waals surface area contributed by atoms with E-state index >= 15 is 0 Å². The number of aryl methyl sites for hydroxylation is 1. The highest BCUT2D eigenvalue weighted by molar-refractivity contribution is 6.17. The molecule has 0 fully saturated rings. The summed E-state index contributed by atoms with van der Waals surface area (Å²) in [6, 6.07) is 10.6. The molecular formula is C22H31ClO2. The molecule has 0 saturated carbocycles. The molecule has 3 heteroatoms. The number of hydrogen-bond acceptors (Lipinski definition) is 2. The fourth-order valence-electron chi connectivity index (χ4n) is 2.97. The molecule has 0 amide bonds. The highest BCUT2D eigenvalue weighted by atomic mass is 35.5. The monoisotopic (exact) mass is 362 g/mol. The van der Waals surface area contributed by atoms with Crippen LogP contribution in [0.1, 0.15) is 57.9 Å². The molecule has 0 atom stereocenters. The molecule has 0 aliphatic heterocycles. The number of unbranched alkanes of at least 4 members (excludes halogenated alkanes) is 4. The van der Waals surface area contributed by atoms with Crippen LogP contribution >= 0.6 is 11.6 Å². The molecule has 0 aliphatic carbocycles. The van der Waals surface area contributed by atoms with Crippen LogP contribution in [0.5, 0.6) is 11.5 Å². The molecule has 138 valence electrons. The van der Waals surface area contributed by atoms with Crippen molar-refractivity contribution in [1.82, 2.24) is 0 Å². The number of halogens is 1. The lowest BCUT2D eigenvalue weighted by Gasteiger charge is -2.17. The second-order valence-electron chi connectivity index (χ2n) is 6.42. The zero-order valence-corrected chi connectivity index (χ0v) is 16.4. The molecule has 0 N–H and O–H groups in total. The highest BCUT2D eigenvalue weighted by Gasteiger charge is 2.13. The van der Waals surface area contributed by atoms with Crippen molar-refractivity contribution in [3.63, 3.8) is 0 Å². The fraction of sp³-hybridized carbons (Fsp3) is 0.545. The topological polar surface area (TPSA) is 18.5 Å². The smallest absolute Gasteiger partial charge is 0.130 e. The summed E-state index contributed by atoms with van der Waals surface area (Å²) in [5.41, 5.74) is 1.23.